The molecule has 36 heavy (non-hydrogen) atoms. The third-order valence-corrected chi connectivity index (χ3v) is 5.23. The van der Waals surface area contributed by atoms with Crippen molar-refractivity contribution < 1.29 is 19.1 Å². The first-order valence-corrected chi connectivity index (χ1v) is 11.6. The van der Waals surface area contributed by atoms with Crippen LogP contribution in [-0.4, -0.2) is 25.0 Å². The van der Waals surface area contributed by atoms with Gasteiger partial charge in [0.25, 0.3) is 11.8 Å². The van der Waals surface area contributed by atoms with Gasteiger partial charge in [-0.1, -0.05) is 35.9 Å². The highest BCUT2D eigenvalue weighted by atomic mass is 16.5. The molecule has 0 aliphatic rings. The second kappa shape index (κ2) is 12.2. The summed E-state index contributed by atoms with van der Waals surface area (Å²) in [7, 11) is 0. The molecular formula is C29H29N3O4. The van der Waals surface area contributed by atoms with E-state index in [1.807, 2.05) is 70.2 Å². The number of rotatable bonds is 9. The van der Waals surface area contributed by atoms with Crippen LogP contribution >= 0.6 is 0 Å². The number of benzene rings is 3. The van der Waals surface area contributed by atoms with Crippen molar-refractivity contribution in [3.8, 4) is 17.6 Å². The highest BCUT2D eigenvalue weighted by Crippen LogP contribution is 2.29. The Morgan fingerprint density at radius 2 is 1.69 bits per heavy atom. The molecule has 0 unspecified atom stereocenters. The first-order chi connectivity index (χ1) is 17.3. The van der Waals surface area contributed by atoms with Crippen molar-refractivity contribution in [3.63, 3.8) is 0 Å². The highest BCUT2D eigenvalue weighted by molar-refractivity contribution is 6.10. The Hall–Kier alpha value is -4.57. The molecule has 0 bridgehead atoms. The van der Waals surface area contributed by atoms with Crippen LogP contribution in [0.4, 0.5) is 11.4 Å². The Kier molecular flexibility index (Phi) is 8.84. The molecule has 3 aromatic carbocycles. The summed E-state index contributed by atoms with van der Waals surface area (Å²) in [5.41, 5.74) is 4.90. The third-order valence-electron chi connectivity index (χ3n) is 5.23. The topological polar surface area (TPSA) is 100 Å². The maximum absolute atomic E-state index is 12.7. The van der Waals surface area contributed by atoms with E-state index in [1.54, 1.807) is 24.3 Å². The summed E-state index contributed by atoms with van der Waals surface area (Å²) >= 11 is 0. The summed E-state index contributed by atoms with van der Waals surface area (Å²) in [4.78, 5) is 25.0. The minimum absolute atomic E-state index is 0.0522. The molecule has 0 fully saturated rings. The normalized spacial score (nSPS) is 10.8. The fourth-order valence-corrected chi connectivity index (χ4v) is 3.52. The number of hydrogen-bond donors (Lipinski definition) is 2. The Labute approximate surface area is 211 Å². The first kappa shape index (κ1) is 26.0. The van der Waals surface area contributed by atoms with Crippen LogP contribution in [0, 0.1) is 32.1 Å². The monoisotopic (exact) mass is 483 g/mol. The van der Waals surface area contributed by atoms with Crippen molar-refractivity contribution in [2.24, 2.45) is 0 Å². The van der Waals surface area contributed by atoms with Gasteiger partial charge in [-0.2, -0.15) is 5.26 Å². The zero-order chi connectivity index (χ0) is 26.1. The summed E-state index contributed by atoms with van der Waals surface area (Å²) in [5, 5.41) is 15.2. The average molecular weight is 484 g/mol. The van der Waals surface area contributed by atoms with E-state index in [1.165, 1.54) is 6.08 Å². The fourth-order valence-electron chi connectivity index (χ4n) is 3.52. The van der Waals surface area contributed by atoms with Crippen LogP contribution in [0.1, 0.15) is 29.2 Å². The molecule has 0 saturated heterocycles. The van der Waals surface area contributed by atoms with E-state index in [0.29, 0.717) is 35.0 Å². The molecule has 0 heterocycles. The molecule has 184 valence electrons. The van der Waals surface area contributed by atoms with Crippen LogP contribution in [0.25, 0.3) is 6.08 Å². The lowest BCUT2D eigenvalue weighted by atomic mass is 10.1. The fraction of sp³-hybridized carbons (Fsp3) is 0.207. The molecule has 0 atom stereocenters. The summed E-state index contributed by atoms with van der Waals surface area (Å²) in [5.74, 6) is -0.0225. The van der Waals surface area contributed by atoms with Gasteiger partial charge in [0, 0.05) is 11.4 Å². The number of amides is 2. The van der Waals surface area contributed by atoms with Gasteiger partial charge in [-0.15, -0.1) is 0 Å². The molecule has 0 aromatic heterocycles. The summed E-state index contributed by atoms with van der Waals surface area (Å²) in [6, 6.07) is 20.1. The van der Waals surface area contributed by atoms with E-state index in [9.17, 15) is 14.9 Å². The van der Waals surface area contributed by atoms with Gasteiger partial charge in [-0.3, -0.25) is 9.59 Å². The molecule has 2 amide bonds. The van der Waals surface area contributed by atoms with Crippen molar-refractivity contribution in [2.75, 3.05) is 23.8 Å². The molecule has 0 saturated carbocycles. The van der Waals surface area contributed by atoms with Gasteiger partial charge in [-0.25, -0.2) is 0 Å². The lowest BCUT2D eigenvalue weighted by Crippen LogP contribution is -2.20. The Bertz CT molecular complexity index is 1340. The standard InChI is InChI=1S/C29H29N3O4/c1-5-35-27-16-22(15-23(17-30)29(34)32-25-11-9-20(3)13-21(25)4)10-12-26(27)36-18-28(33)31-24-8-6-7-19(2)14-24/h6-16H,5,18H2,1-4H3,(H,31,33)(H,32,34)/b23-15+. The van der Waals surface area contributed by atoms with Crippen LogP contribution in [0.3, 0.4) is 0 Å². The SMILES string of the molecule is CCOc1cc(/C=C(\C#N)C(=O)Nc2ccc(C)cc2C)ccc1OCC(=O)Nc1cccc(C)c1. The summed E-state index contributed by atoms with van der Waals surface area (Å²) in [6.45, 7) is 7.81. The number of nitrogens with zero attached hydrogens (tertiary/aromatic N) is 1. The predicted octanol–water partition coefficient (Wildman–Crippen LogP) is 5.57. The first-order valence-electron chi connectivity index (χ1n) is 11.6. The van der Waals surface area contributed by atoms with Gasteiger partial charge in [0.1, 0.15) is 11.6 Å². The van der Waals surface area contributed by atoms with Gasteiger partial charge >= 0.3 is 0 Å². The van der Waals surface area contributed by atoms with Gasteiger partial charge in [0.05, 0.1) is 6.61 Å². The molecule has 3 rings (SSSR count). The number of hydrogen-bond acceptors (Lipinski definition) is 5. The second-order valence-electron chi connectivity index (χ2n) is 8.29. The number of ether oxygens (including phenoxy) is 2. The van der Waals surface area contributed by atoms with E-state index in [0.717, 1.165) is 16.7 Å². The molecule has 3 aromatic rings. The zero-order valence-corrected chi connectivity index (χ0v) is 20.8. The van der Waals surface area contributed by atoms with E-state index in [2.05, 4.69) is 10.6 Å². The quantitative estimate of drug-likeness (QED) is 0.306. The van der Waals surface area contributed by atoms with Crippen molar-refractivity contribution in [3.05, 3.63) is 88.5 Å². The Balaban J connectivity index is 1.72. The van der Waals surface area contributed by atoms with Crippen molar-refractivity contribution in [2.45, 2.75) is 27.7 Å². The number of anilines is 2. The average Bonchev–Trinajstić information content (AvgIpc) is 2.84. The minimum atomic E-state index is -0.504. The number of nitriles is 1. The minimum Gasteiger partial charge on any atom is -0.490 e. The van der Waals surface area contributed by atoms with Gasteiger partial charge in [0.15, 0.2) is 18.1 Å². The van der Waals surface area contributed by atoms with E-state index in [4.69, 9.17) is 9.47 Å². The van der Waals surface area contributed by atoms with Crippen molar-refractivity contribution in [1.29, 1.82) is 5.26 Å². The molecule has 7 heteroatoms. The molecule has 0 radical (unpaired) electrons. The van der Waals surface area contributed by atoms with E-state index < -0.39 is 5.91 Å². The molecule has 0 spiro atoms. The lowest BCUT2D eigenvalue weighted by molar-refractivity contribution is -0.118. The molecule has 0 aliphatic heterocycles. The summed E-state index contributed by atoms with van der Waals surface area (Å²) in [6.07, 6.45) is 1.48. The predicted molar refractivity (Wildman–Crippen MR) is 141 cm³/mol. The summed E-state index contributed by atoms with van der Waals surface area (Å²) < 4.78 is 11.4. The molecule has 0 aliphatic carbocycles. The van der Waals surface area contributed by atoms with Crippen LogP contribution in [0.15, 0.2) is 66.2 Å². The maximum Gasteiger partial charge on any atom is 0.266 e. The maximum atomic E-state index is 12.7. The van der Waals surface area contributed by atoms with Crippen molar-refractivity contribution >= 4 is 29.3 Å². The highest BCUT2D eigenvalue weighted by Gasteiger charge is 2.13. The van der Waals surface area contributed by atoms with Gasteiger partial charge < -0.3 is 20.1 Å². The largest absolute Gasteiger partial charge is 0.490 e. The van der Waals surface area contributed by atoms with Crippen molar-refractivity contribution in [1.82, 2.24) is 0 Å². The van der Waals surface area contributed by atoms with Gasteiger partial charge in [0.2, 0.25) is 0 Å². The smallest absolute Gasteiger partial charge is 0.266 e. The van der Waals surface area contributed by atoms with Gasteiger partial charge in [-0.05, 0) is 80.8 Å². The number of carbonyl (C=O) groups is 2. The lowest BCUT2D eigenvalue weighted by Gasteiger charge is -2.13. The molecular weight excluding hydrogens is 454 g/mol. The number of aryl methyl sites for hydroxylation is 3. The number of carbonyl (C=O) groups excluding carboxylic acids is 2. The molecule has 7 nitrogen and oxygen atoms in total. The van der Waals surface area contributed by atoms with Crippen LogP contribution < -0.4 is 20.1 Å². The van der Waals surface area contributed by atoms with E-state index in [-0.39, 0.29) is 18.1 Å². The number of nitrogens with one attached hydrogen (secondary N) is 2. The van der Waals surface area contributed by atoms with Crippen LogP contribution in [0.2, 0.25) is 0 Å². The van der Waals surface area contributed by atoms with Crippen LogP contribution in [0.5, 0.6) is 11.5 Å². The third kappa shape index (κ3) is 7.21. The Morgan fingerprint density at radius 3 is 2.39 bits per heavy atom. The molecule has 2 N–H and O–H groups in total. The second-order valence-corrected chi connectivity index (χ2v) is 8.29. The zero-order valence-electron chi connectivity index (χ0n) is 20.8. The Morgan fingerprint density at radius 1 is 0.917 bits per heavy atom. The van der Waals surface area contributed by atoms with E-state index >= 15 is 0 Å². The van der Waals surface area contributed by atoms with Crippen LogP contribution in [-0.2, 0) is 9.59 Å².